The topological polar surface area (TPSA) is 57.5 Å². The summed E-state index contributed by atoms with van der Waals surface area (Å²) in [4.78, 5) is 19.2. The Kier molecular flexibility index (Phi) is 6.75. The minimum absolute atomic E-state index is 0.0664. The van der Waals surface area contributed by atoms with Crippen molar-refractivity contribution in [3.05, 3.63) is 35.4 Å². The molecule has 0 fully saturated rings. The molecule has 2 N–H and O–H groups in total. The number of hydrogen-bond acceptors (Lipinski definition) is 1. The van der Waals surface area contributed by atoms with Crippen LogP contribution in [0, 0.1) is 5.92 Å². The van der Waals surface area contributed by atoms with E-state index in [0.29, 0.717) is 6.42 Å². The zero-order valence-electron chi connectivity index (χ0n) is 11.4. The van der Waals surface area contributed by atoms with Crippen LogP contribution >= 0.6 is 23.5 Å². The Labute approximate surface area is 123 Å². The maximum atomic E-state index is 11.7. The van der Waals surface area contributed by atoms with Gasteiger partial charge in [0.15, 0.2) is 0 Å². The smallest absolute Gasteiger partial charge is 0.324 e. The normalized spacial score (nSPS) is 13.8. The minimum atomic E-state index is -4.06. The fourth-order valence-corrected chi connectivity index (χ4v) is 4.19. The van der Waals surface area contributed by atoms with Crippen molar-refractivity contribution in [2.45, 2.75) is 44.1 Å². The van der Waals surface area contributed by atoms with Gasteiger partial charge in [-0.05, 0) is 23.5 Å². The van der Waals surface area contributed by atoms with Crippen molar-refractivity contribution < 1.29 is 14.4 Å². The molecule has 0 bridgehead atoms. The molecular formula is C14H22BrO3P. The molecule has 1 atom stereocenters. The van der Waals surface area contributed by atoms with E-state index < -0.39 is 13.3 Å². The summed E-state index contributed by atoms with van der Waals surface area (Å²) in [5, 5.41) is 0.793. The van der Waals surface area contributed by atoms with Gasteiger partial charge >= 0.3 is 7.60 Å². The van der Waals surface area contributed by atoms with E-state index in [2.05, 4.69) is 15.9 Å². The number of halogens is 1. The molecule has 0 amide bonds. The fraction of sp³-hybridized carbons (Fsp3) is 0.571. The molecule has 0 aliphatic rings. The van der Waals surface area contributed by atoms with Gasteiger partial charge in [-0.2, -0.15) is 0 Å². The molecule has 0 aromatic heterocycles. The molecule has 1 rings (SSSR count). The summed E-state index contributed by atoms with van der Waals surface area (Å²) >= 11 is 3.39. The van der Waals surface area contributed by atoms with Crippen LogP contribution in [0.4, 0.5) is 0 Å². The maximum absolute atomic E-state index is 11.7. The molecule has 0 heterocycles. The first kappa shape index (κ1) is 16.9. The van der Waals surface area contributed by atoms with E-state index in [4.69, 9.17) is 0 Å². The van der Waals surface area contributed by atoms with Gasteiger partial charge in [0.25, 0.3) is 0 Å². The van der Waals surface area contributed by atoms with E-state index >= 15 is 0 Å². The summed E-state index contributed by atoms with van der Waals surface area (Å²) in [5.74, 6) is 0.0664. The molecule has 0 spiro atoms. The highest BCUT2D eigenvalue weighted by Crippen LogP contribution is 2.48. The largest absolute Gasteiger partial charge is 0.329 e. The van der Waals surface area contributed by atoms with Crippen LogP contribution in [0.2, 0.25) is 0 Å². The van der Waals surface area contributed by atoms with Gasteiger partial charge in [-0.1, -0.05) is 66.9 Å². The first-order chi connectivity index (χ1) is 8.92. The van der Waals surface area contributed by atoms with Crippen molar-refractivity contribution in [2.24, 2.45) is 5.92 Å². The van der Waals surface area contributed by atoms with Crippen LogP contribution in [-0.2, 0) is 16.3 Å². The Morgan fingerprint density at radius 2 is 1.58 bits per heavy atom. The summed E-state index contributed by atoms with van der Waals surface area (Å²) in [6.45, 7) is 3.98. The maximum Gasteiger partial charge on any atom is 0.329 e. The molecule has 3 nitrogen and oxygen atoms in total. The summed E-state index contributed by atoms with van der Waals surface area (Å²) in [5.41, 5.74) is 1.58. The minimum Gasteiger partial charge on any atom is -0.324 e. The molecule has 1 aromatic carbocycles. The molecule has 0 aliphatic heterocycles. The second-order valence-electron chi connectivity index (χ2n) is 4.89. The van der Waals surface area contributed by atoms with Crippen molar-refractivity contribution in [1.82, 2.24) is 0 Å². The SMILES string of the molecule is CCC(CC)C(Cc1ccc(CBr)cc1)P(=O)(O)O. The summed E-state index contributed by atoms with van der Waals surface area (Å²) in [7, 11) is -4.06. The highest BCUT2D eigenvalue weighted by atomic mass is 79.9. The van der Waals surface area contributed by atoms with Crippen molar-refractivity contribution in [1.29, 1.82) is 0 Å². The van der Waals surface area contributed by atoms with Gasteiger partial charge < -0.3 is 9.79 Å². The number of alkyl halides is 1. The van der Waals surface area contributed by atoms with Crippen LogP contribution in [0.25, 0.3) is 0 Å². The van der Waals surface area contributed by atoms with Crippen LogP contribution in [-0.4, -0.2) is 15.4 Å². The molecule has 1 unspecified atom stereocenters. The average molecular weight is 349 g/mol. The number of rotatable bonds is 7. The first-order valence-corrected chi connectivity index (χ1v) is 9.41. The molecule has 0 radical (unpaired) electrons. The second-order valence-corrected chi connectivity index (χ2v) is 7.29. The molecule has 19 heavy (non-hydrogen) atoms. The molecule has 1 aromatic rings. The third kappa shape index (κ3) is 5.03. The lowest BCUT2D eigenvalue weighted by molar-refractivity contribution is 0.323. The van der Waals surface area contributed by atoms with Crippen molar-refractivity contribution >= 4 is 23.5 Å². The number of benzene rings is 1. The van der Waals surface area contributed by atoms with Crippen LogP contribution in [0.1, 0.15) is 37.8 Å². The van der Waals surface area contributed by atoms with E-state index in [0.717, 1.165) is 23.7 Å². The van der Waals surface area contributed by atoms with Gasteiger partial charge in [0.1, 0.15) is 0 Å². The summed E-state index contributed by atoms with van der Waals surface area (Å²) < 4.78 is 11.7. The third-order valence-corrected chi connectivity index (χ3v) is 5.76. The van der Waals surface area contributed by atoms with Crippen LogP contribution < -0.4 is 0 Å². The third-order valence-electron chi connectivity index (χ3n) is 3.65. The van der Waals surface area contributed by atoms with E-state index in [9.17, 15) is 14.4 Å². The predicted octanol–water partition coefficient (Wildman–Crippen LogP) is 4.11. The molecule has 0 saturated heterocycles. The Morgan fingerprint density at radius 3 is 1.95 bits per heavy atom. The molecule has 108 valence electrons. The van der Waals surface area contributed by atoms with Gasteiger partial charge in [-0.3, -0.25) is 4.57 Å². The Morgan fingerprint density at radius 1 is 1.11 bits per heavy atom. The highest BCUT2D eigenvalue weighted by molar-refractivity contribution is 9.08. The van der Waals surface area contributed by atoms with E-state index in [1.54, 1.807) is 0 Å². The van der Waals surface area contributed by atoms with Crippen molar-refractivity contribution in [2.75, 3.05) is 0 Å². The standard InChI is InChI=1S/C14H22BrO3P/c1-3-13(4-2)14(19(16,17)18)9-11-5-7-12(10-15)8-6-11/h5-8,13-14H,3-4,9-10H2,1-2H3,(H2,16,17,18). The van der Waals surface area contributed by atoms with Gasteiger partial charge in [0, 0.05) is 5.33 Å². The van der Waals surface area contributed by atoms with Crippen LogP contribution in [0.15, 0.2) is 24.3 Å². The summed E-state index contributed by atoms with van der Waals surface area (Å²) in [6.07, 6.45) is 2.04. The zero-order valence-corrected chi connectivity index (χ0v) is 13.9. The first-order valence-electron chi connectivity index (χ1n) is 6.61. The monoisotopic (exact) mass is 348 g/mol. The van der Waals surface area contributed by atoms with E-state index in [1.807, 2.05) is 38.1 Å². The molecule has 0 aliphatic carbocycles. The number of hydrogen-bond donors (Lipinski definition) is 2. The molecule has 5 heteroatoms. The Bertz CT molecular complexity index is 423. The quantitative estimate of drug-likeness (QED) is 0.575. The fourth-order valence-electron chi connectivity index (χ4n) is 2.40. The van der Waals surface area contributed by atoms with Crippen LogP contribution in [0.5, 0.6) is 0 Å². The Hall–Kier alpha value is -0.150. The van der Waals surface area contributed by atoms with E-state index in [-0.39, 0.29) is 5.92 Å². The van der Waals surface area contributed by atoms with Gasteiger partial charge in [-0.15, -0.1) is 0 Å². The van der Waals surface area contributed by atoms with Gasteiger partial charge in [0.2, 0.25) is 0 Å². The van der Waals surface area contributed by atoms with Crippen LogP contribution in [0.3, 0.4) is 0 Å². The van der Waals surface area contributed by atoms with Gasteiger partial charge in [-0.25, -0.2) is 0 Å². The van der Waals surface area contributed by atoms with Crippen molar-refractivity contribution in [3.8, 4) is 0 Å². The second kappa shape index (κ2) is 7.58. The lowest BCUT2D eigenvalue weighted by Gasteiger charge is -2.26. The molecular weight excluding hydrogens is 327 g/mol. The zero-order chi connectivity index (χ0) is 14.5. The molecule has 0 saturated carbocycles. The summed E-state index contributed by atoms with van der Waals surface area (Å²) in [6, 6.07) is 7.91. The van der Waals surface area contributed by atoms with E-state index in [1.165, 1.54) is 5.56 Å². The van der Waals surface area contributed by atoms with Crippen molar-refractivity contribution in [3.63, 3.8) is 0 Å². The average Bonchev–Trinajstić information content (AvgIpc) is 2.38. The predicted molar refractivity (Wildman–Crippen MR) is 82.7 cm³/mol. The van der Waals surface area contributed by atoms with Gasteiger partial charge in [0.05, 0.1) is 5.66 Å². The highest BCUT2D eigenvalue weighted by Gasteiger charge is 2.34. The lowest BCUT2D eigenvalue weighted by atomic mass is 9.94. The lowest BCUT2D eigenvalue weighted by Crippen LogP contribution is -2.22. The Balaban J connectivity index is 2.90.